The third kappa shape index (κ3) is 3.68. The SMILES string of the molecule is C=C(C(=O)C[C@@H](C)[C@H]1CC[C@H]2[C@@H]3CCC4[C@H](C)[C@@H](O)CC[C@]4(C)[C@H]3CC[C@]12C)C(C)C. The topological polar surface area (TPSA) is 37.3 Å². The van der Waals surface area contributed by atoms with Gasteiger partial charge in [-0.15, -0.1) is 0 Å². The summed E-state index contributed by atoms with van der Waals surface area (Å²) < 4.78 is 0. The molecule has 176 valence electrons. The highest BCUT2D eigenvalue weighted by Gasteiger charge is 2.61. The van der Waals surface area contributed by atoms with E-state index in [9.17, 15) is 9.90 Å². The van der Waals surface area contributed by atoms with Crippen LogP contribution in [-0.2, 0) is 4.79 Å². The Bertz CT molecular complexity index is 710. The zero-order chi connectivity index (χ0) is 22.7. The zero-order valence-electron chi connectivity index (χ0n) is 21.1. The molecule has 0 bridgehead atoms. The van der Waals surface area contributed by atoms with Gasteiger partial charge in [0.1, 0.15) is 0 Å². The van der Waals surface area contributed by atoms with Crippen LogP contribution in [-0.4, -0.2) is 17.0 Å². The summed E-state index contributed by atoms with van der Waals surface area (Å²) in [5.74, 6) is 5.41. The molecule has 10 atom stereocenters. The Morgan fingerprint density at radius 1 is 0.935 bits per heavy atom. The van der Waals surface area contributed by atoms with E-state index in [-0.39, 0.29) is 12.0 Å². The molecule has 0 saturated heterocycles. The molecule has 0 aromatic carbocycles. The molecule has 0 aromatic heterocycles. The fourth-order valence-electron chi connectivity index (χ4n) is 9.57. The summed E-state index contributed by atoms with van der Waals surface area (Å²) in [5, 5.41) is 10.5. The normalized spacial score (nSPS) is 47.9. The Morgan fingerprint density at radius 2 is 1.55 bits per heavy atom. The molecule has 0 spiro atoms. The summed E-state index contributed by atoms with van der Waals surface area (Å²) in [6.07, 6.45) is 10.9. The number of Topliss-reactive ketones (excluding diaryl/α,β-unsaturated/α-hetero) is 1. The summed E-state index contributed by atoms with van der Waals surface area (Å²) in [6, 6.07) is 0. The van der Waals surface area contributed by atoms with Gasteiger partial charge in [0.15, 0.2) is 5.78 Å². The van der Waals surface area contributed by atoms with Crippen molar-refractivity contribution in [1.29, 1.82) is 0 Å². The molecule has 0 radical (unpaired) electrons. The van der Waals surface area contributed by atoms with Gasteiger partial charge in [-0.2, -0.15) is 0 Å². The average molecular weight is 429 g/mol. The van der Waals surface area contributed by atoms with Crippen LogP contribution in [0.3, 0.4) is 0 Å². The Balaban J connectivity index is 1.50. The highest BCUT2D eigenvalue weighted by atomic mass is 16.3. The minimum atomic E-state index is -0.0849. The molecule has 2 heteroatoms. The van der Waals surface area contributed by atoms with E-state index < -0.39 is 0 Å². The van der Waals surface area contributed by atoms with E-state index in [1.165, 1.54) is 44.9 Å². The molecule has 4 saturated carbocycles. The summed E-state index contributed by atoms with van der Waals surface area (Å²) in [4.78, 5) is 12.8. The number of fused-ring (bicyclic) bond motifs is 5. The molecule has 4 aliphatic rings. The Hall–Kier alpha value is -0.630. The molecule has 4 fully saturated rings. The van der Waals surface area contributed by atoms with Crippen molar-refractivity contribution in [2.75, 3.05) is 0 Å². The number of hydrogen-bond donors (Lipinski definition) is 1. The van der Waals surface area contributed by atoms with Crippen LogP contribution < -0.4 is 0 Å². The molecule has 4 rings (SSSR count). The molecule has 1 N–H and O–H groups in total. The van der Waals surface area contributed by atoms with Crippen molar-refractivity contribution >= 4 is 5.78 Å². The lowest BCUT2D eigenvalue weighted by atomic mass is 9.43. The maximum Gasteiger partial charge on any atom is 0.158 e. The van der Waals surface area contributed by atoms with E-state index in [2.05, 4.69) is 48.1 Å². The summed E-state index contributed by atoms with van der Waals surface area (Å²) in [5.41, 5.74) is 1.65. The van der Waals surface area contributed by atoms with Crippen molar-refractivity contribution in [2.24, 2.45) is 58.2 Å². The molecule has 4 aliphatic carbocycles. The minimum absolute atomic E-state index is 0.0849. The minimum Gasteiger partial charge on any atom is -0.393 e. The van der Waals surface area contributed by atoms with E-state index >= 15 is 0 Å². The summed E-state index contributed by atoms with van der Waals surface area (Å²) in [7, 11) is 0. The van der Waals surface area contributed by atoms with Gasteiger partial charge in [-0.1, -0.05) is 48.1 Å². The van der Waals surface area contributed by atoms with E-state index in [1.54, 1.807) is 0 Å². The first-order chi connectivity index (χ1) is 14.5. The van der Waals surface area contributed by atoms with Gasteiger partial charge in [0.25, 0.3) is 0 Å². The van der Waals surface area contributed by atoms with Crippen molar-refractivity contribution in [3.63, 3.8) is 0 Å². The van der Waals surface area contributed by atoms with Gasteiger partial charge in [-0.3, -0.25) is 4.79 Å². The van der Waals surface area contributed by atoms with Crippen molar-refractivity contribution in [3.05, 3.63) is 12.2 Å². The van der Waals surface area contributed by atoms with Crippen LogP contribution in [0.2, 0.25) is 0 Å². The predicted molar refractivity (Wildman–Crippen MR) is 129 cm³/mol. The number of ketones is 1. The van der Waals surface area contributed by atoms with Gasteiger partial charge in [-0.25, -0.2) is 0 Å². The lowest BCUT2D eigenvalue weighted by Crippen LogP contribution is -2.56. The second-order valence-electron chi connectivity index (χ2n) is 13.0. The second-order valence-corrected chi connectivity index (χ2v) is 13.0. The van der Waals surface area contributed by atoms with Crippen molar-refractivity contribution < 1.29 is 9.90 Å². The van der Waals surface area contributed by atoms with Crippen LogP contribution in [0, 0.1) is 58.2 Å². The van der Waals surface area contributed by atoms with Crippen LogP contribution in [0.5, 0.6) is 0 Å². The van der Waals surface area contributed by atoms with Crippen molar-refractivity contribution in [2.45, 2.75) is 105 Å². The van der Waals surface area contributed by atoms with Gasteiger partial charge in [0.05, 0.1) is 6.10 Å². The molecule has 2 nitrogen and oxygen atoms in total. The third-order valence-electron chi connectivity index (χ3n) is 11.5. The lowest BCUT2D eigenvalue weighted by Gasteiger charge is -2.62. The Labute approximate surface area is 191 Å². The van der Waals surface area contributed by atoms with Gasteiger partial charge < -0.3 is 5.11 Å². The number of allylic oxidation sites excluding steroid dienone is 1. The predicted octanol–water partition coefficient (Wildman–Crippen LogP) is 7.06. The largest absolute Gasteiger partial charge is 0.393 e. The highest BCUT2D eigenvalue weighted by Crippen LogP contribution is 2.68. The van der Waals surface area contributed by atoms with Crippen molar-refractivity contribution in [1.82, 2.24) is 0 Å². The number of rotatable bonds is 5. The van der Waals surface area contributed by atoms with Crippen molar-refractivity contribution in [3.8, 4) is 0 Å². The van der Waals surface area contributed by atoms with E-state index in [1.807, 2.05) is 0 Å². The average Bonchev–Trinajstić information content (AvgIpc) is 3.07. The first-order valence-electron chi connectivity index (χ1n) is 13.4. The maximum absolute atomic E-state index is 12.8. The number of hydrogen-bond acceptors (Lipinski definition) is 2. The van der Waals surface area contributed by atoms with Gasteiger partial charge in [0, 0.05) is 6.42 Å². The first kappa shape index (κ1) is 23.5. The molecule has 0 amide bonds. The van der Waals surface area contributed by atoms with Gasteiger partial charge >= 0.3 is 0 Å². The standard InChI is InChI=1S/C29H48O2/c1-17(2)19(4)27(31)16-18(3)22-10-11-24-21-8-9-23-20(5)26(30)13-15-29(23,7)25(21)12-14-28(22,24)6/h17-18,20-26,30H,4,8-16H2,1-3,5-7H3/t18-,20+,21+,22-,23?,24+,25+,26+,28-,29+/m1/s1. The molecule has 0 aliphatic heterocycles. The fourth-order valence-corrected chi connectivity index (χ4v) is 9.57. The molecule has 0 heterocycles. The Kier molecular flexibility index (Phi) is 6.30. The van der Waals surface area contributed by atoms with E-state index in [4.69, 9.17) is 0 Å². The third-order valence-corrected chi connectivity index (χ3v) is 11.5. The van der Waals surface area contributed by atoms with Crippen LogP contribution >= 0.6 is 0 Å². The number of carbonyl (C=O) groups is 1. The molecular formula is C29H48O2. The lowest BCUT2D eigenvalue weighted by molar-refractivity contribution is -0.149. The van der Waals surface area contributed by atoms with Crippen LogP contribution in [0.25, 0.3) is 0 Å². The molecule has 0 aromatic rings. The number of aliphatic hydroxyl groups is 1. The maximum atomic E-state index is 12.8. The number of aliphatic hydroxyl groups excluding tert-OH is 1. The van der Waals surface area contributed by atoms with Crippen LogP contribution in [0.15, 0.2) is 12.2 Å². The monoisotopic (exact) mass is 428 g/mol. The Morgan fingerprint density at radius 3 is 2.23 bits per heavy atom. The molecule has 1 unspecified atom stereocenters. The molecular weight excluding hydrogens is 380 g/mol. The van der Waals surface area contributed by atoms with Gasteiger partial charge in [0.2, 0.25) is 0 Å². The summed E-state index contributed by atoms with van der Waals surface area (Å²) in [6.45, 7) is 18.1. The smallest absolute Gasteiger partial charge is 0.158 e. The highest BCUT2D eigenvalue weighted by molar-refractivity contribution is 5.95. The zero-order valence-corrected chi connectivity index (χ0v) is 21.1. The first-order valence-corrected chi connectivity index (χ1v) is 13.4. The van der Waals surface area contributed by atoms with E-state index in [0.29, 0.717) is 46.7 Å². The molecule has 31 heavy (non-hydrogen) atoms. The van der Waals surface area contributed by atoms with E-state index in [0.717, 1.165) is 29.7 Å². The van der Waals surface area contributed by atoms with Crippen LogP contribution in [0.4, 0.5) is 0 Å². The fraction of sp³-hybridized carbons (Fsp3) is 0.897. The number of carbonyl (C=O) groups excluding carboxylic acids is 1. The van der Waals surface area contributed by atoms with Crippen LogP contribution in [0.1, 0.15) is 99.3 Å². The summed E-state index contributed by atoms with van der Waals surface area (Å²) >= 11 is 0. The second kappa shape index (κ2) is 8.30. The quantitative estimate of drug-likeness (QED) is 0.476. The van der Waals surface area contributed by atoms with Gasteiger partial charge in [-0.05, 0) is 115 Å².